The second kappa shape index (κ2) is 3.79. The third-order valence-corrected chi connectivity index (χ3v) is 3.62. The summed E-state index contributed by atoms with van der Waals surface area (Å²) in [6.07, 6.45) is 8.35. The summed E-state index contributed by atoms with van der Waals surface area (Å²) in [6, 6.07) is 8.18. The molecule has 3 nitrogen and oxygen atoms in total. The summed E-state index contributed by atoms with van der Waals surface area (Å²) in [7, 11) is 0. The number of isocyanates is 1. The maximum absolute atomic E-state index is 10.5. The molecule has 3 heteroatoms. The van der Waals surface area contributed by atoms with Crippen molar-refractivity contribution in [1.82, 2.24) is 4.98 Å². The van der Waals surface area contributed by atoms with E-state index in [9.17, 15) is 4.79 Å². The molecule has 0 saturated heterocycles. The molecule has 0 N–H and O–H groups in total. The molecular weight excluding hydrogens is 212 g/mol. The molecule has 0 aliphatic heterocycles. The molecule has 0 bridgehead atoms. The SMILES string of the molecule is O=C=NC1(c2ccc3cnccc3c2)CCC1. The molecule has 3 rings (SSSR count). The molecule has 0 radical (unpaired) electrons. The standard InChI is InChI=1S/C14H12N2O/c17-10-16-14(5-1-6-14)13-3-2-12-9-15-7-4-11(12)8-13/h2-4,7-9H,1,5-6H2. The zero-order valence-corrected chi connectivity index (χ0v) is 9.39. The van der Waals surface area contributed by atoms with Gasteiger partial charge in [0.1, 0.15) is 0 Å². The van der Waals surface area contributed by atoms with E-state index in [1.807, 2.05) is 24.4 Å². The molecule has 0 unspecified atom stereocenters. The van der Waals surface area contributed by atoms with Crippen molar-refractivity contribution in [3.8, 4) is 0 Å². The van der Waals surface area contributed by atoms with Crippen molar-refractivity contribution >= 4 is 16.9 Å². The monoisotopic (exact) mass is 224 g/mol. The first-order chi connectivity index (χ1) is 8.34. The topological polar surface area (TPSA) is 42.3 Å². The van der Waals surface area contributed by atoms with Gasteiger partial charge in [-0.05, 0) is 42.3 Å². The Kier molecular flexibility index (Phi) is 2.27. The van der Waals surface area contributed by atoms with Crippen molar-refractivity contribution < 1.29 is 4.79 Å². The van der Waals surface area contributed by atoms with Crippen molar-refractivity contribution in [2.75, 3.05) is 0 Å². The maximum Gasteiger partial charge on any atom is 0.235 e. The number of hydrogen-bond donors (Lipinski definition) is 0. The first-order valence-electron chi connectivity index (χ1n) is 5.77. The quantitative estimate of drug-likeness (QED) is 0.581. The van der Waals surface area contributed by atoms with Crippen LogP contribution in [0.15, 0.2) is 41.7 Å². The smallest absolute Gasteiger partial charge is 0.235 e. The van der Waals surface area contributed by atoms with E-state index in [-0.39, 0.29) is 5.54 Å². The molecule has 1 aliphatic carbocycles. The Morgan fingerprint density at radius 2 is 2.12 bits per heavy atom. The summed E-state index contributed by atoms with van der Waals surface area (Å²) in [4.78, 5) is 18.7. The molecule has 1 aromatic carbocycles. The van der Waals surface area contributed by atoms with Gasteiger partial charge in [-0.3, -0.25) is 4.98 Å². The lowest BCUT2D eigenvalue weighted by molar-refractivity contribution is 0.256. The van der Waals surface area contributed by atoms with E-state index in [0.29, 0.717) is 0 Å². The Bertz CT molecular complexity index is 610. The van der Waals surface area contributed by atoms with Crippen LogP contribution in [0, 0.1) is 0 Å². The van der Waals surface area contributed by atoms with Crippen LogP contribution in [-0.2, 0) is 10.3 Å². The van der Waals surface area contributed by atoms with Crippen LogP contribution >= 0.6 is 0 Å². The summed E-state index contributed by atoms with van der Waals surface area (Å²) in [5, 5.41) is 2.26. The van der Waals surface area contributed by atoms with Crippen LogP contribution in [-0.4, -0.2) is 11.1 Å². The lowest BCUT2D eigenvalue weighted by Gasteiger charge is -2.37. The van der Waals surface area contributed by atoms with Gasteiger partial charge < -0.3 is 0 Å². The zero-order valence-electron chi connectivity index (χ0n) is 9.39. The molecule has 1 fully saturated rings. The number of hydrogen-bond acceptors (Lipinski definition) is 3. The van der Waals surface area contributed by atoms with Gasteiger partial charge in [-0.25, -0.2) is 4.79 Å². The Morgan fingerprint density at radius 3 is 2.82 bits per heavy atom. The van der Waals surface area contributed by atoms with Crippen LogP contribution < -0.4 is 0 Å². The highest BCUT2D eigenvalue weighted by Gasteiger charge is 2.38. The molecule has 1 heterocycles. The van der Waals surface area contributed by atoms with Crippen molar-refractivity contribution in [1.29, 1.82) is 0 Å². The van der Waals surface area contributed by atoms with Crippen molar-refractivity contribution in [3.63, 3.8) is 0 Å². The fraction of sp³-hybridized carbons (Fsp3) is 0.286. The average molecular weight is 224 g/mol. The highest BCUT2D eigenvalue weighted by atomic mass is 16.1. The van der Waals surface area contributed by atoms with Crippen molar-refractivity contribution in [2.24, 2.45) is 4.99 Å². The van der Waals surface area contributed by atoms with Crippen LogP contribution in [0.3, 0.4) is 0 Å². The molecular formula is C14H12N2O. The van der Waals surface area contributed by atoms with Crippen LogP contribution in [0.1, 0.15) is 24.8 Å². The third kappa shape index (κ3) is 1.56. The van der Waals surface area contributed by atoms with Crippen LogP contribution in [0.25, 0.3) is 10.8 Å². The van der Waals surface area contributed by atoms with Gasteiger partial charge in [0.05, 0.1) is 5.54 Å². The van der Waals surface area contributed by atoms with E-state index in [0.717, 1.165) is 35.6 Å². The van der Waals surface area contributed by atoms with Gasteiger partial charge in [-0.2, -0.15) is 4.99 Å². The van der Waals surface area contributed by atoms with Crippen LogP contribution in [0.5, 0.6) is 0 Å². The highest BCUT2D eigenvalue weighted by Crippen LogP contribution is 2.45. The van der Waals surface area contributed by atoms with E-state index >= 15 is 0 Å². The Balaban J connectivity index is 2.14. The lowest BCUT2D eigenvalue weighted by atomic mass is 9.72. The molecule has 0 atom stereocenters. The summed E-state index contributed by atoms with van der Waals surface area (Å²) < 4.78 is 0. The van der Waals surface area contributed by atoms with Gasteiger partial charge in [-0.1, -0.05) is 12.1 Å². The second-order valence-electron chi connectivity index (χ2n) is 4.53. The van der Waals surface area contributed by atoms with E-state index in [1.54, 1.807) is 12.3 Å². The van der Waals surface area contributed by atoms with E-state index < -0.39 is 0 Å². The fourth-order valence-electron chi connectivity index (χ4n) is 2.44. The molecule has 0 amide bonds. The molecule has 1 aromatic heterocycles. The van der Waals surface area contributed by atoms with Gasteiger partial charge >= 0.3 is 0 Å². The lowest BCUT2D eigenvalue weighted by Crippen LogP contribution is -2.31. The minimum atomic E-state index is -0.306. The van der Waals surface area contributed by atoms with E-state index in [1.165, 1.54) is 0 Å². The van der Waals surface area contributed by atoms with Crippen LogP contribution in [0.2, 0.25) is 0 Å². The summed E-state index contributed by atoms with van der Waals surface area (Å²) in [5.74, 6) is 0. The normalized spacial score (nSPS) is 17.2. The number of carbonyl (C=O) groups excluding carboxylic acids is 1. The maximum atomic E-state index is 10.5. The molecule has 2 aromatic rings. The van der Waals surface area contributed by atoms with Crippen LogP contribution in [0.4, 0.5) is 0 Å². The summed E-state index contributed by atoms with van der Waals surface area (Å²) >= 11 is 0. The van der Waals surface area contributed by atoms with Crippen molar-refractivity contribution in [3.05, 3.63) is 42.2 Å². The third-order valence-electron chi connectivity index (χ3n) is 3.62. The molecule has 84 valence electrons. The number of pyridine rings is 1. The number of nitrogens with zero attached hydrogens (tertiary/aromatic N) is 2. The number of aromatic nitrogens is 1. The largest absolute Gasteiger partial charge is 0.264 e. The number of aliphatic imine (C=N–C) groups is 1. The minimum absolute atomic E-state index is 0.306. The molecule has 1 aliphatic rings. The number of rotatable bonds is 2. The predicted molar refractivity (Wildman–Crippen MR) is 65.4 cm³/mol. The Morgan fingerprint density at radius 1 is 1.24 bits per heavy atom. The molecule has 1 saturated carbocycles. The van der Waals surface area contributed by atoms with Gasteiger partial charge in [0, 0.05) is 17.8 Å². The first-order valence-corrected chi connectivity index (χ1v) is 5.77. The van der Waals surface area contributed by atoms with Gasteiger partial charge in [-0.15, -0.1) is 0 Å². The Hall–Kier alpha value is -1.99. The Labute approximate surface area is 99.2 Å². The zero-order chi connectivity index (χ0) is 11.7. The number of benzene rings is 1. The molecule has 17 heavy (non-hydrogen) atoms. The predicted octanol–water partition coefficient (Wildman–Crippen LogP) is 2.95. The number of fused-ring (bicyclic) bond motifs is 1. The van der Waals surface area contributed by atoms with Gasteiger partial charge in [0.15, 0.2) is 0 Å². The van der Waals surface area contributed by atoms with Crippen molar-refractivity contribution in [2.45, 2.75) is 24.8 Å². The molecule has 0 spiro atoms. The van der Waals surface area contributed by atoms with Gasteiger partial charge in [0.25, 0.3) is 0 Å². The second-order valence-corrected chi connectivity index (χ2v) is 4.53. The average Bonchev–Trinajstić information content (AvgIpc) is 2.33. The summed E-state index contributed by atoms with van der Waals surface area (Å²) in [6.45, 7) is 0. The van der Waals surface area contributed by atoms with E-state index in [2.05, 4.69) is 16.0 Å². The highest BCUT2D eigenvalue weighted by molar-refractivity contribution is 5.82. The van der Waals surface area contributed by atoms with E-state index in [4.69, 9.17) is 0 Å². The van der Waals surface area contributed by atoms with Gasteiger partial charge in [0.2, 0.25) is 6.08 Å². The summed E-state index contributed by atoms with van der Waals surface area (Å²) in [5.41, 5.74) is 0.810. The fourth-order valence-corrected chi connectivity index (χ4v) is 2.44. The minimum Gasteiger partial charge on any atom is -0.264 e. The first kappa shape index (κ1) is 10.2.